The van der Waals surface area contributed by atoms with Gasteiger partial charge in [-0.25, -0.2) is 0 Å². The van der Waals surface area contributed by atoms with E-state index >= 15 is 0 Å². The third-order valence-corrected chi connectivity index (χ3v) is 6.53. The second kappa shape index (κ2) is 9.23. The van der Waals surface area contributed by atoms with Crippen molar-refractivity contribution in [2.45, 2.75) is 38.6 Å². The average molecular weight is 412 g/mol. The van der Waals surface area contributed by atoms with Gasteiger partial charge in [-0.1, -0.05) is 18.6 Å². The third-order valence-electron chi connectivity index (χ3n) is 6.53. The van der Waals surface area contributed by atoms with Crippen LogP contribution in [-0.4, -0.2) is 62.1 Å². The quantitative estimate of drug-likeness (QED) is 0.569. The van der Waals surface area contributed by atoms with Crippen molar-refractivity contribution in [3.8, 4) is 5.75 Å². The Labute approximate surface area is 170 Å². The highest BCUT2D eigenvalue weighted by atomic mass is 19.4. The highest BCUT2D eigenvalue weighted by molar-refractivity contribution is 5.27. The van der Waals surface area contributed by atoms with Crippen LogP contribution in [0.3, 0.4) is 0 Å². The van der Waals surface area contributed by atoms with Crippen LogP contribution in [0.2, 0.25) is 0 Å². The second-order valence-corrected chi connectivity index (χ2v) is 8.71. The van der Waals surface area contributed by atoms with Crippen LogP contribution < -0.4 is 4.74 Å². The summed E-state index contributed by atoms with van der Waals surface area (Å²) in [6.45, 7) is 8.32. The summed E-state index contributed by atoms with van der Waals surface area (Å²) >= 11 is 0. The molecule has 0 amide bonds. The van der Waals surface area contributed by atoms with Gasteiger partial charge < -0.3 is 14.4 Å². The Hall–Kier alpha value is -1.31. The third kappa shape index (κ3) is 6.09. The molecule has 2 heterocycles. The van der Waals surface area contributed by atoms with Crippen molar-refractivity contribution in [3.63, 3.8) is 0 Å². The Kier molecular flexibility index (Phi) is 6.66. The van der Waals surface area contributed by atoms with Crippen molar-refractivity contribution in [2.24, 2.45) is 17.8 Å². The number of hydrogen-bond donors (Lipinski definition) is 0. The first kappa shape index (κ1) is 20.9. The van der Waals surface area contributed by atoms with E-state index in [1.54, 1.807) is 12.1 Å². The molecule has 4 nitrogen and oxygen atoms in total. The summed E-state index contributed by atoms with van der Waals surface area (Å²) in [6, 6.07) is 6.21. The van der Waals surface area contributed by atoms with Gasteiger partial charge in [0.15, 0.2) is 0 Å². The summed E-state index contributed by atoms with van der Waals surface area (Å²) in [4.78, 5) is 4.94. The van der Waals surface area contributed by atoms with E-state index in [9.17, 15) is 13.2 Å². The maximum atomic E-state index is 12.2. The lowest BCUT2D eigenvalue weighted by atomic mass is 10.1. The first-order valence-electron chi connectivity index (χ1n) is 10.8. The number of benzene rings is 1. The number of piperidine rings is 2. The highest BCUT2D eigenvalue weighted by Crippen LogP contribution is 2.52. The van der Waals surface area contributed by atoms with E-state index in [1.165, 1.54) is 44.5 Å². The van der Waals surface area contributed by atoms with Crippen molar-refractivity contribution in [1.82, 2.24) is 9.80 Å². The Morgan fingerprint density at radius 3 is 2.28 bits per heavy atom. The number of likely N-dealkylation sites (tertiary alicyclic amines) is 2. The number of fused-ring (bicyclic) bond motifs is 1. The Bertz CT molecular complexity index is 634. The molecule has 162 valence electrons. The normalized spacial score (nSPS) is 27.8. The summed E-state index contributed by atoms with van der Waals surface area (Å²) < 4.78 is 46.5. The SMILES string of the molecule is FC(F)(F)Oc1ccc(CN2C[C@@H]3C(COCCCN4CCCCC4)[C@@H]3C2)cc1. The molecule has 0 aromatic heterocycles. The summed E-state index contributed by atoms with van der Waals surface area (Å²) in [5, 5.41) is 0. The second-order valence-electron chi connectivity index (χ2n) is 8.71. The van der Waals surface area contributed by atoms with Crippen LogP contribution in [0.4, 0.5) is 13.2 Å². The molecule has 3 fully saturated rings. The number of halogens is 3. The molecule has 0 N–H and O–H groups in total. The van der Waals surface area contributed by atoms with E-state index in [1.807, 2.05) is 0 Å². The summed E-state index contributed by atoms with van der Waals surface area (Å²) in [7, 11) is 0. The predicted molar refractivity (Wildman–Crippen MR) is 105 cm³/mol. The molecule has 1 aromatic rings. The lowest BCUT2D eigenvalue weighted by Crippen LogP contribution is -2.31. The molecule has 3 atom stereocenters. The van der Waals surface area contributed by atoms with Crippen LogP contribution in [0, 0.1) is 17.8 Å². The van der Waals surface area contributed by atoms with E-state index in [-0.39, 0.29) is 5.75 Å². The fraction of sp³-hybridized carbons (Fsp3) is 0.727. The molecule has 0 spiro atoms. The predicted octanol–water partition coefficient (Wildman–Crippen LogP) is 4.16. The molecule has 29 heavy (non-hydrogen) atoms. The number of hydrogen-bond acceptors (Lipinski definition) is 4. The van der Waals surface area contributed by atoms with Crippen LogP contribution >= 0.6 is 0 Å². The van der Waals surface area contributed by atoms with Gasteiger partial charge in [-0.2, -0.15) is 0 Å². The topological polar surface area (TPSA) is 24.9 Å². The first-order chi connectivity index (χ1) is 14.0. The van der Waals surface area contributed by atoms with E-state index < -0.39 is 6.36 Å². The van der Waals surface area contributed by atoms with Gasteiger partial charge >= 0.3 is 6.36 Å². The van der Waals surface area contributed by atoms with Crippen molar-refractivity contribution >= 4 is 0 Å². The molecular formula is C22H31F3N2O2. The summed E-state index contributed by atoms with van der Waals surface area (Å²) in [6.07, 6.45) is 0.555. The standard InChI is InChI=1S/C22H31F3N2O2/c23-22(24,25)29-18-7-5-17(6-8-18)13-27-14-19-20(15-27)21(19)16-28-12-4-11-26-9-2-1-3-10-26/h5-8,19-21H,1-4,9-16H2/t19-,20+,21?. The summed E-state index contributed by atoms with van der Waals surface area (Å²) in [5.74, 6) is 1.99. The van der Waals surface area contributed by atoms with Gasteiger partial charge in [0.2, 0.25) is 0 Å². The van der Waals surface area contributed by atoms with Crippen LogP contribution in [-0.2, 0) is 11.3 Å². The van der Waals surface area contributed by atoms with E-state index in [0.717, 1.165) is 63.2 Å². The summed E-state index contributed by atoms with van der Waals surface area (Å²) in [5.41, 5.74) is 1.02. The Morgan fingerprint density at radius 1 is 0.931 bits per heavy atom. The first-order valence-corrected chi connectivity index (χ1v) is 10.8. The average Bonchev–Trinajstić information content (AvgIpc) is 3.14. The molecule has 0 radical (unpaired) electrons. The molecule has 7 heteroatoms. The van der Waals surface area contributed by atoms with Crippen molar-refractivity contribution in [1.29, 1.82) is 0 Å². The van der Waals surface area contributed by atoms with Crippen molar-refractivity contribution in [3.05, 3.63) is 29.8 Å². The van der Waals surface area contributed by atoms with E-state index in [2.05, 4.69) is 14.5 Å². The number of rotatable bonds is 9. The van der Waals surface area contributed by atoms with Crippen molar-refractivity contribution in [2.75, 3.05) is 45.9 Å². The Morgan fingerprint density at radius 2 is 1.62 bits per heavy atom. The fourth-order valence-corrected chi connectivity index (χ4v) is 4.96. The molecule has 2 aliphatic heterocycles. The minimum Gasteiger partial charge on any atom is -0.406 e. The number of nitrogens with zero attached hydrogens (tertiary/aromatic N) is 2. The minimum absolute atomic E-state index is 0.164. The van der Waals surface area contributed by atoms with Gasteiger partial charge in [0.25, 0.3) is 0 Å². The molecule has 1 aliphatic carbocycles. The van der Waals surface area contributed by atoms with Gasteiger partial charge in [0.05, 0.1) is 6.61 Å². The molecule has 0 bridgehead atoms. The van der Waals surface area contributed by atoms with Crippen LogP contribution in [0.5, 0.6) is 5.75 Å². The zero-order valence-corrected chi connectivity index (χ0v) is 16.9. The molecule has 2 saturated heterocycles. The van der Waals surface area contributed by atoms with Gasteiger partial charge in [-0.15, -0.1) is 13.2 Å². The molecule has 1 aromatic carbocycles. The smallest absolute Gasteiger partial charge is 0.406 e. The zero-order valence-electron chi connectivity index (χ0n) is 16.9. The monoisotopic (exact) mass is 412 g/mol. The van der Waals surface area contributed by atoms with Crippen LogP contribution in [0.1, 0.15) is 31.2 Å². The molecule has 1 saturated carbocycles. The van der Waals surface area contributed by atoms with Gasteiger partial charge in [0, 0.05) is 32.8 Å². The molecule has 1 unspecified atom stereocenters. The lowest BCUT2D eigenvalue weighted by molar-refractivity contribution is -0.274. The maximum Gasteiger partial charge on any atom is 0.573 e. The van der Waals surface area contributed by atoms with E-state index in [4.69, 9.17) is 4.74 Å². The fourth-order valence-electron chi connectivity index (χ4n) is 4.96. The molecule has 3 aliphatic rings. The largest absolute Gasteiger partial charge is 0.573 e. The zero-order chi connectivity index (χ0) is 20.3. The Balaban J connectivity index is 1.08. The molecule has 4 rings (SSSR count). The van der Waals surface area contributed by atoms with Crippen LogP contribution in [0.15, 0.2) is 24.3 Å². The van der Waals surface area contributed by atoms with Gasteiger partial charge in [0.1, 0.15) is 5.75 Å². The highest BCUT2D eigenvalue weighted by Gasteiger charge is 2.55. The number of ether oxygens (including phenoxy) is 2. The van der Waals surface area contributed by atoms with Gasteiger partial charge in [-0.3, -0.25) is 4.90 Å². The van der Waals surface area contributed by atoms with Gasteiger partial charge in [-0.05, 0) is 67.8 Å². The van der Waals surface area contributed by atoms with Crippen LogP contribution in [0.25, 0.3) is 0 Å². The lowest BCUT2D eigenvalue weighted by Gasteiger charge is -2.26. The van der Waals surface area contributed by atoms with E-state index in [0.29, 0.717) is 5.92 Å². The minimum atomic E-state index is -4.64. The maximum absolute atomic E-state index is 12.2. The molecular weight excluding hydrogens is 381 g/mol. The van der Waals surface area contributed by atoms with Crippen molar-refractivity contribution < 1.29 is 22.6 Å². The number of alkyl halides is 3.